The Morgan fingerprint density at radius 1 is 1.00 bits per heavy atom. The largest absolute Gasteiger partial charge is 0.452 e. The van der Waals surface area contributed by atoms with Crippen molar-refractivity contribution >= 4 is 47.1 Å². The number of halogens is 1. The number of aliphatic hydroxyl groups excluding tert-OH is 1. The maximum atomic E-state index is 13.9. The van der Waals surface area contributed by atoms with Crippen molar-refractivity contribution in [1.82, 2.24) is 25.3 Å². The maximum Gasteiger partial charge on any atom is 0.308 e. The van der Waals surface area contributed by atoms with Crippen LogP contribution in [0.3, 0.4) is 0 Å². The van der Waals surface area contributed by atoms with Gasteiger partial charge in [-0.25, -0.2) is 0 Å². The van der Waals surface area contributed by atoms with Gasteiger partial charge in [0.1, 0.15) is 24.2 Å². The molecule has 0 aliphatic carbocycles. The van der Waals surface area contributed by atoms with Crippen molar-refractivity contribution in [3.63, 3.8) is 0 Å². The van der Waals surface area contributed by atoms with Crippen molar-refractivity contribution in [3.05, 3.63) is 0 Å². The molecule has 43 heavy (non-hydrogen) atoms. The molecule has 2 aliphatic heterocycles. The Kier molecular flexibility index (Phi) is 13.7. The molecule has 244 valence electrons. The molecule has 5 amide bonds. The summed E-state index contributed by atoms with van der Waals surface area (Å²) in [4.78, 5) is 84.3. The summed E-state index contributed by atoms with van der Waals surface area (Å²) >= 11 is 5.76. The van der Waals surface area contributed by atoms with Crippen LogP contribution in [0.4, 0.5) is 0 Å². The lowest BCUT2D eigenvalue weighted by Crippen LogP contribution is -2.60. The van der Waals surface area contributed by atoms with Gasteiger partial charge >= 0.3 is 5.97 Å². The van der Waals surface area contributed by atoms with Gasteiger partial charge in [-0.3, -0.25) is 28.8 Å². The Morgan fingerprint density at radius 2 is 1.65 bits per heavy atom. The zero-order valence-electron chi connectivity index (χ0n) is 26.3. The van der Waals surface area contributed by atoms with Gasteiger partial charge in [0.2, 0.25) is 23.6 Å². The molecule has 0 bridgehead atoms. The summed E-state index contributed by atoms with van der Waals surface area (Å²) in [7, 11) is 2.98. The van der Waals surface area contributed by atoms with E-state index in [1.165, 1.54) is 35.7 Å². The third-order valence-electron chi connectivity index (χ3n) is 8.41. The van der Waals surface area contributed by atoms with Gasteiger partial charge in [-0.1, -0.05) is 34.1 Å². The zero-order valence-corrected chi connectivity index (χ0v) is 27.1. The molecule has 0 aromatic carbocycles. The monoisotopic (exact) mass is 629 g/mol. The molecule has 2 fully saturated rings. The van der Waals surface area contributed by atoms with E-state index in [0.29, 0.717) is 19.3 Å². The molecular weight excluding hydrogens is 582 g/mol. The molecule has 2 aliphatic rings. The minimum atomic E-state index is -1.40. The summed E-state index contributed by atoms with van der Waals surface area (Å²) in [5, 5.41) is 15.6. The quantitative estimate of drug-likeness (QED) is 0.278. The number of carbonyl (C=O) groups is 6. The van der Waals surface area contributed by atoms with E-state index < -0.39 is 71.9 Å². The van der Waals surface area contributed by atoms with E-state index in [1.807, 2.05) is 13.8 Å². The van der Waals surface area contributed by atoms with Crippen molar-refractivity contribution in [2.24, 2.45) is 11.8 Å². The van der Waals surface area contributed by atoms with E-state index >= 15 is 0 Å². The standard InChI is InChI=1S/C29H48ClN5O8/c1-8-17(4)23-28(41)34(7)24(16(2)3)29(42)33(6)18(5)25(38)31-12-11-22(37)43-21(14-19(36)15-30)27(40)35-13-9-10-20(35)26(39)32-23/h16-21,23-24,36H,8-15H2,1-7H3,(H,31,38)(H,32,39)/t17-,18-,19?,20-,21+,23-,24-/m0/s1. The lowest BCUT2D eigenvalue weighted by atomic mass is 9.94. The number of rotatable bonds is 6. The highest BCUT2D eigenvalue weighted by molar-refractivity contribution is 6.18. The number of nitrogens with one attached hydrogen (secondary N) is 2. The second kappa shape index (κ2) is 16.2. The Balaban J connectivity index is 2.54. The van der Waals surface area contributed by atoms with Crippen LogP contribution in [0.5, 0.6) is 0 Å². The predicted molar refractivity (Wildman–Crippen MR) is 159 cm³/mol. The van der Waals surface area contributed by atoms with Gasteiger partial charge in [-0.2, -0.15) is 0 Å². The average Bonchev–Trinajstić information content (AvgIpc) is 3.46. The van der Waals surface area contributed by atoms with Crippen LogP contribution in [0.25, 0.3) is 0 Å². The molecule has 3 N–H and O–H groups in total. The van der Waals surface area contributed by atoms with E-state index in [9.17, 15) is 33.9 Å². The number of amides is 5. The number of fused-ring (bicyclic) bond motifs is 1. The first-order valence-corrected chi connectivity index (χ1v) is 15.5. The van der Waals surface area contributed by atoms with Crippen LogP contribution in [-0.2, 0) is 33.5 Å². The van der Waals surface area contributed by atoms with E-state index in [0.717, 1.165) is 0 Å². The minimum absolute atomic E-state index is 0.125. The summed E-state index contributed by atoms with van der Waals surface area (Å²) < 4.78 is 5.44. The van der Waals surface area contributed by atoms with Crippen LogP contribution in [0.15, 0.2) is 0 Å². The van der Waals surface area contributed by atoms with Crippen molar-refractivity contribution in [2.45, 2.75) is 103 Å². The molecule has 0 spiro atoms. The first kappa shape index (κ1) is 36.3. The molecule has 1 unspecified atom stereocenters. The van der Waals surface area contributed by atoms with Crippen molar-refractivity contribution in [2.75, 3.05) is 33.1 Å². The molecule has 0 radical (unpaired) electrons. The summed E-state index contributed by atoms with van der Waals surface area (Å²) in [5.74, 6) is -4.24. The SMILES string of the molecule is CC[C@H](C)[C@@H]1NC(=O)[C@@H]2CCCN2C(=O)[C@@H](CC(O)CCl)OC(=O)CCNC(=O)[C@H](C)N(C)C(=O)[C@H](C(C)C)N(C)C1=O. The number of esters is 1. The van der Waals surface area contributed by atoms with Gasteiger partial charge in [0.05, 0.1) is 12.5 Å². The van der Waals surface area contributed by atoms with Crippen LogP contribution in [-0.4, -0.2) is 125 Å². The molecule has 2 heterocycles. The molecule has 14 heteroatoms. The lowest BCUT2D eigenvalue weighted by molar-refractivity contribution is -0.163. The minimum Gasteiger partial charge on any atom is -0.452 e. The molecule has 0 aromatic heterocycles. The molecule has 0 aromatic rings. The zero-order chi connectivity index (χ0) is 32.6. The van der Waals surface area contributed by atoms with E-state index in [4.69, 9.17) is 16.3 Å². The summed E-state index contributed by atoms with van der Waals surface area (Å²) in [6, 6.07) is -3.77. The van der Waals surface area contributed by atoms with Gasteiger partial charge in [0.25, 0.3) is 5.91 Å². The number of ether oxygens (including phenoxy) is 1. The topological polar surface area (TPSA) is 166 Å². The Labute approximate surface area is 259 Å². The summed E-state index contributed by atoms with van der Waals surface area (Å²) in [5.41, 5.74) is 0. The smallest absolute Gasteiger partial charge is 0.308 e. The molecule has 2 rings (SSSR count). The van der Waals surface area contributed by atoms with Crippen molar-refractivity contribution in [3.8, 4) is 0 Å². The van der Waals surface area contributed by atoms with Gasteiger partial charge < -0.3 is 35.2 Å². The molecular formula is C29H48ClN5O8. The summed E-state index contributed by atoms with van der Waals surface area (Å²) in [6.45, 7) is 8.91. The van der Waals surface area contributed by atoms with E-state index in [1.54, 1.807) is 13.8 Å². The van der Waals surface area contributed by atoms with Crippen LogP contribution in [0, 0.1) is 11.8 Å². The maximum absolute atomic E-state index is 13.9. The fourth-order valence-corrected chi connectivity index (χ4v) is 5.54. The fourth-order valence-electron chi connectivity index (χ4n) is 5.41. The van der Waals surface area contributed by atoms with Gasteiger partial charge in [-0.15, -0.1) is 11.6 Å². The van der Waals surface area contributed by atoms with Crippen LogP contribution >= 0.6 is 11.6 Å². The average molecular weight is 630 g/mol. The number of cyclic esters (lactones) is 1. The van der Waals surface area contributed by atoms with Gasteiger partial charge in [0, 0.05) is 39.5 Å². The van der Waals surface area contributed by atoms with Gasteiger partial charge in [-0.05, 0) is 31.6 Å². The second-order valence-electron chi connectivity index (χ2n) is 11.9. The predicted octanol–water partition coefficient (Wildman–Crippen LogP) is 0.260. The highest BCUT2D eigenvalue weighted by Gasteiger charge is 2.43. The van der Waals surface area contributed by atoms with Crippen LogP contribution < -0.4 is 10.6 Å². The summed E-state index contributed by atoms with van der Waals surface area (Å²) in [6.07, 6.45) is -1.72. The number of hydrogen-bond donors (Lipinski definition) is 3. The van der Waals surface area contributed by atoms with Crippen LogP contribution in [0.2, 0.25) is 0 Å². The molecule has 13 nitrogen and oxygen atoms in total. The number of hydrogen-bond acceptors (Lipinski definition) is 8. The first-order chi connectivity index (χ1) is 20.2. The number of likely N-dealkylation sites (N-methyl/N-ethyl adjacent to an activating group) is 2. The van der Waals surface area contributed by atoms with E-state index in [2.05, 4.69) is 10.6 Å². The first-order valence-electron chi connectivity index (χ1n) is 15.0. The second-order valence-corrected chi connectivity index (χ2v) is 12.2. The molecule has 2 saturated heterocycles. The van der Waals surface area contributed by atoms with Gasteiger partial charge in [0.15, 0.2) is 6.10 Å². The third-order valence-corrected chi connectivity index (χ3v) is 8.77. The Morgan fingerprint density at radius 3 is 2.23 bits per heavy atom. The highest BCUT2D eigenvalue weighted by atomic mass is 35.5. The lowest BCUT2D eigenvalue weighted by Gasteiger charge is -2.38. The van der Waals surface area contributed by atoms with E-state index in [-0.39, 0.29) is 43.6 Å². The van der Waals surface area contributed by atoms with Crippen molar-refractivity contribution < 1.29 is 38.6 Å². The van der Waals surface area contributed by atoms with Crippen LogP contribution in [0.1, 0.15) is 66.7 Å². The molecule has 7 atom stereocenters. The number of aliphatic hydroxyl groups is 1. The third kappa shape index (κ3) is 9.04. The number of nitrogens with zero attached hydrogens (tertiary/aromatic N) is 3. The Hall–Kier alpha value is -2.93. The number of carbonyl (C=O) groups excluding carboxylic acids is 6. The molecule has 0 saturated carbocycles. The fraction of sp³-hybridized carbons (Fsp3) is 0.793. The normalized spacial score (nSPS) is 28.9. The Bertz CT molecular complexity index is 1040. The number of alkyl halides is 1. The highest BCUT2D eigenvalue weighted by Crippen LogP contribution is 2.23. The van der Waals surface area contributed by atoms with Crippen molar-refractivity contribution in [1.29, 1.82) is 0 Å².